The lowest BCUT2D eigenvalue weighted by Crippen LogP contribution is -2.13. The summed E-state index contributed by atoms with van der Waals surface area (Å²) < 4.78 is 11.7. The number of carbonyl (C=O) groups is 1. The Morgan fingerprint density at radius 2 is 2.04 bits per heavy atom. The van der Waals surface area contributed by atoms with Gasteiger partial charge in [-0.05, 0) is 46.3 Å². The van der Waals surface area contributed by atoms with Crippen molar-refractivity contribution < 1.29 is 13.9 Å². The van der Waals surface area contributed by atoms with Crippen molar-refractivity contribution in [3.63, 3.8) is 0 Å². The third-order valence-electron chi connectivity index (χ3n) is 3.08. The molecule has 3 aromatic rings. The quantitative estimate of drug-likeness (QED) is 0.517. The Morgan fingerprint density at radius 3 is 2.81 bits per heavy atom. The first-order chi connectivity index (χ1) is 12.6. The first-order valence-electron chi connectivity index (χ1n) is 7.48. The van der Waals surface area contributed by atoms with Gasteiger partial charge in [0.05, 0.1) is 10.8 Å². The highest BCUT2D eigenvalue weighted by Crippen LogP contribution is 2.26. The molecular formula is C17H13BrClN3O3S. The summed E-state index contributed by atoms with van der Waals surface area (Å²) in [5, 5.41) is 11.4. The van der Waals surface area contributed by atoms with Gasteiger partial charge >= 0.3 is 0 Å². The molecule has 1 amide bonds. The van der Waals surface area contributed by atoms with Crippen LogP contribution in [-0.4, -0.2) is 21.9 Å². The summed E-state index contributed by atoms with van der Waals surface area (Å²) >= 11 is 10.4. The highest BCUT2D eigenvalue weighted by molar-refractivity contribution is 9.10. The number of nitrogens with one attached hydrogen (secondary N) is 1. The molecule has 0 bridgehead atoms. The van der Waals surface area contributed by atoms with E-state index in [1.54, 1.807) is 18.2 Å². The average Bonchev–Trinajstić information content (AvgIpc) is 3.10. The Labute approximate surface area is 167 Å². The standard InChI is InChI=1S/C17H13BrClN3O3S/c18-13-7-6-11(8-14(13)19)20-15(23)10-26-17-22-21-16(25-17)9-24-12-4-2-1-3-5-12/h1-8H,9-10H2,(H,20,23). The van der Waals surface area contributed by atoms with Crippen molar-refractivity contribution in [2.24, 2.45) is 0 Å². The van der Waals surface area contributed by atoms with Crippen LogP contribution in [0.1, 0.15) is 5.89 Å². The lowest BCUT2D eigenvalue weighted by molar-refractivity contribution is -0.113. The van der Waals surface area contributed by atoms with Crippen LogP contribution in [0.15, 0.2) is 62.6 Å². The van der Waals surface area contributed by atoms with E-state index in [2.05, 4.69) is 31.4 Å². The van der Waals surface area contributed by atoms with Crippen molar-refractivity contribution in [3.8, 4) is 5.75 Å². The SMILES string of the molecule is O=C(CSc1nnc(COc2ccccc2)o1)Nc1ccc(Br)c(Cl)c1. The summed E-state index contributed by atoms with van der Waals surface area (Å²) in [6.45, 7) is 0.168. The van der Waals surface area contributed by atoms with Crippen molar-refractivity contribution in [1.82, 2.24) is 10.2 Å². The Morgan fingerprint density at radius 1 is 1.23 bits per heavy atom. The summed E-state index contributed by atoms with van der Waals surface area (Å²) in [6.07, 6.45) is 0. The van der Waals surface area contributed by atoms with Crippen LogP contribution in [0.25, 0.3) is 0 Å². The molecule has 0 fully saturated rings. The summed E-state index contributed by atoms with van der Waals surface area (Å²) in [4.78, 5) is 12.0. The van der Waals surface area contributed by atoms with E-state index in [4.69, 9.17) is 20.8 Å². The number of hydrogen-bond donors (Lipinski definition) is 1. The van der Waals surface area contributed by atoms with Crippen LogP contribution in [-0.2, 0) is 11.4 Å². The smallest absolute Gasteiger partial charge is 0.277 e. The molecule has 26 heavy (non-hydrogen) atoms. The van der Waals surface area contributed by atoms with E-state index >= 15 is 0 Å². The van der Waals surface area contributed by atoms with Crippen LogP contribution in [0.3, 0.4) is 0 Å². The van der Waals surface area contributed by atoms with E-state index < -0.39 is 0 Å². The summed E-state index contributed by atoms with van der Waals surface area (Å²) in [7, 11) is 0. The topological polar surface area (TPSA) is 77.2 Å². The van der Waals surface area contributed by atoms with Gasteiger partial charge in [-0.2, -0.15) is 0 Å². The van der Waals surface area contributed by atoms with Crippen molar-refractivity contribution >= 4 is 50.9 Å². The van der Waals surface area contributed by atoms with Crippen molar-refractivity contribution in [3.05, 3.63) is 63.9 Å². The fraction of sp³-hybridized carbons (Fsp3) is 0.118. The van der Waals surface area contributed by atoms with Crippen LogP contribution in [0, 0.1) is 0 Å². The van der Waals surface area contributed by atoms with E-state index in [1.165, 1.54) is 0 Å². The highest BCUT2D eigenvalue weighted by Gasteiger charge is 2.11. The number of ether oxygens (including phenoxy) is 1. The normalized spacial score (nSPS) is 10.5. The molecule has 0 aliphatic rings. The van der Waals surface area contributed by atoms with Crippen LogP contribution in [0.5, 0.6) is 5.75 Å². The van der Waals surface area contributed by atoms with Crippen LogP contribution >= 0.6 is 39.3 Å². The number of carbonyl (C=O) groups excluding carboxylic acids is 1. The number of aromatic nitrogens is 2. The maximum atomic E-state index is 12.0. The average molecular weight is 455 g/mol. The molecular weight excluding hydrogens is 442 g/mol. The van der Waals surface area contributed by atoms with E-state index in [9.17, 15) is 4.79 Å². The van der Waals surface area contributed by atoms with Gasteiger partial charge in [0, 0.05) is 10.2 Å². The molecule has 2 aromatic carbocycles. The molecule has 1 N–H and O–H groups in total. The third kappa shape index (κ3) is 5.48. The number of amides is 1. The van der Waals surface area contributed by atoms with Crippen LogP contribution in [0.2, 0.25) is 5.02 Å². The minimum atomic E-state index is -0.200. The largest absolute Gasteiger partial charge is 0.484 e. The van der Waals surface area contributed by atoms with E-state index in [-0.39, 0.29) is 18.3 Å². The van der Waals surface area contributed by atoms with Gasteiger partial charge in [-0.15, -0.1) is 10.2 Å². The number of anilines is 1. The molecule has 3 rings (SSSR count). The third-order valence-corrected chi connectivity index (χ3v) is 5.13. The van der Waals surface area contributed by atoms with Gasteiger partial charge in [0.1, 0.15) is 5.75 Å². The highest BCUT2D eigenvalue weighted by atomic mass is 79.9. The molecule has 0 atom stereocenters. The number of halogens is 2. The molecule has 9 heteroatoms. The molecule has 1 aromatic heterocycles. The summed E-state index contributed by atoms with van der Waals surface area (Å²) in [6, 6.07) is 14.5. The van der Waals surface area contributed by atoms with Gasteiger partial charge in [0.25, 0.3) is 11.1 Å². The molecule has 0 aliphatic heterocycles. The van der Waals surface area contributed by atoms with Crippen molar-refractivity contribution in [1.29, 1.82) is 0 Å². The number of para-hydroxylation sites is 1. The van der Waals surface area contributed by atoms with Gasteiger partial charge < -0.3 is 14.5 Å². The van der Waals surface area contributed by atoms with Gasteiger partial charge in [0.15, 0.2) is 6.61 Å². The monoisotopic (exact) mass is 453 g/mol. The molecule has 6 nitrogen and oxygen atoms in total. The van der Waals surface area contributed by atoms with E-state index in [0.29, 0.717) is 27.6 Å². The van der Waals surface area contributed by atoms with Gasteiger partial charge in [-0.25, -0.2) is 0 Å². The minimum absolute atomic E-state index is 0.134. The number of rotatable bonds is 7. The first-order valence-corrected chi connectivity index (χ1v) is 9.64. The number of nitrogens with zero attached hydrogens (tertiary/aromatic N) is 2. The first kappa shape index (κ1) is 18.8. The Kier molecular flexibility index (Phi) is 6.54. The Balaban J connectivity index is 1.46. The second kappa shape index (κ2) is 9.07. The van der Waals surface area contributed by atoms with Gasteiger partial charge in [0.2, 0.25) is 5.91 Å². The summed E-state index contributed by atoms with van der Waals surface area (Å²) in [5.41, 5.74) is 0.617. The molecule has 134 valence electrons. The fourth-order valence-corrected chi connectivity index (χ4v) is 2.92. The zero-order valence-corrected chi connectivity index (χ0v) is 16.5. The molecule has 1 heterocycles. The van der Waals surface area contributed by atoms with E-state index in [1.807, 2.05) is 30.3 Å². The number of thioether (sulfide) groups is 1. The molecule has 0 unspecified atom stereocenters. The number of hydrogen-bond acceptors (Lipinski definition) is 6. The van der Waals surface area contributed by atoms with Crippen LogP contribution < -0.4 is 10.1 Å². The van der Waals surface area contributed by atoms with Crippen molar-refractivity contribution in [2.45, 2.75) is 11.8 Å². The molecule has 0 saturated heterocycles. The van der Waals surface area contributed by atoms with Crippen molar-refractivity contribution in [2.75, 3.05) is 11.1 Å². The lowest BCUT2D eigenvalue weighted by Gasteiger charge is -2.05. The predicted octanol–water partition coefficient (Wildman–Crippen LogP) is 4.80. The lowest BCUT2D eigenvalue weighted by atomic mass is 10.3. The predicted molar refractivity (Wildman–Crippen MR) is 104 cm³/mol. The Hall–Kier alpha value is -2.03. The maximum absolute atomic E-state index is 12.0. The Bertz CT molecular complexity index is 892. The fourth-order valence-electron chi connectivity index (χ4n) is 1.91. The summed E-state index contributed by atoms with van der Waals surface area (Å²) in [5.74, 6) is 0.993. The zero-order valence-electron chi connectivity index (χ0n) is 13.3. The number of benzene rings is 2. The minimum Gasteiger partial charge on any atom is -0.484 e. The second-order valence-corrected chi connectivity index (χ2v) is 7.22. The van der Waals surface area contributed by atoms with Crippen LogP contribution in [0.4, 0.5) is 5.69 Å². The zero-order chi connectivity index (χ0) is 18.4. The molecule has 0 radical (unpaired) electrons. The van der Waals surface area contributed by atoms with E-state index in [0.717, 1.165) is 16.2 Å². The maximum Gasteiger partial charge on any atom is 0.277 e. The molecule has 0 spiro atoms. The van der Waals surface area contributed by atoms with Gasteiger partial charge in [-0.1, -0.05) is 41.6 Å². The molecule has 0 aliphatic carbocycles. The van der Waals surface area contributed by atoms with Gasteiger partial charge in [-0.3, -0.25) is 4.79 Å². The molecule has 0 saturated carbocycles. The second-order valence-electron chi connectivity index (χ2n) is 5.03.